The zero-order chi connectivity index (χ0) is 28.0. The molecule has 3 aliphatic rings. The van der Waals surface area contributed by atoms with Crippen molar-refractivity contribution < 1.29 is 4.79 Å². The van der Waals surface area contributed by atoms with Gasteiger partial charge in [0.15, 0.2) is 0 Å². The zero-order valence-corrected chi connectivity index (χ0v) is 24.2. The predicted octanol–water partition coefficient (Wildman–Crippen LogP) is 7.32. The van der Waals surface area contributed by atoms with E-state index in [9.17, 15) is 10.1 Å². The number of nitrogens with zero attached hydrogens (tertiary/aromatic N) is 4. The molecule has 5 nitrogen and oxygen atoms in total. The van der Waals surface area contributed by atoms with E-state index in [0.717, 1.165) is 10.3 Å². The van der Waals surface area contributed by atoms with Crippen LogP contribution >= 0.6 is 0 Å². The Morgan fingerprint density at radius 1 is 0.975 bits per heavy atom. The summed E-state index contributed by atoms with van der Waals surface area (Å²) < 4.78 is 2.26. The maximum absolute atomic E-state index is 13.6. The predicted molar refractivity (Wildman–Crippen MR) is 158 cm³/mol. The van der Waals surface area contributed by atoms with Crippen LogP contribution in [0.5, 0.6) is 0 Å². The Hall–Kier alpha value is -4.48. The monoisotopic (exact) mass is 584 g/mol. The number of hydrogen-bond acceptors (Lipinski definition) is 4. The normalized spacial score (nSPS) is 19.2. The van der Waals surface area contributed by atoms with E-state index in [2.05, 4.69) is 67.8 Å². The van der Waals surface area contributed by atoms with Crippen LogP contribution in [0.3, 0.4) is 0 Å². The summed E-state index contributed by atoms with van der Waals surface area (Å²) in [7, 11) is 0. The second kappa shape index (κ2) is 8.26. The van der Waals surface area contributed by atoms with E-state index in [4.69, 9.17) is 11.6 Å². The maximum atomic E-state index is 13.6. The van der Waals surface area contributed by atoms with Crippen LogP contribution in [0.4, 0.5) is 16.1 Å². The number of carbonyl (C=O) groups is 1. The summed E-state index contributed by atoms with van der Waals surface area (Å²) in [6.07, 6.45) is 3.79. The van der Waals surface area contributed by atoms with Crippen molar-refractivity contribution >= 4 is 48.0 Å². The number of para-hydroxylation sites is 1. The van der Waals surface area contributed by atoms with Gasteiger partial charge in [-0.3, -0.25) is 0 Å². The number of fused-ring (bicyclic) bond motifs is 5. The Morgan fingerprint density at radius 3 is 2.35 bits per heavy atom. The van der Waals surface area contributed by atoms with E-state index >= 15 is 0 Å². The minimum atomic E-state index is -0.253. The van der Waals surface area contributed by atoms with Gasteiger partial charge >= 0.3 is 240 Å². The number of ketones is 1. The number of aromatic nitrogens is 1. The molecule has 2 aromatic heterocycles. The van der Waals surface area contributed by atoms with E-state index in [1.54, 1.807) is 6.07 Å². The summed E-state index contributed by atoms with van der Waals surface area (Å²) in [6.45, 7) is 16.7. The molecule has 40 heavy (non-hydrogen) atoms. The number of anilines is 3. The number of nitriles is 1. The topological polar surface area (TPSA) is 61.4 Å². The van der Waals surface area contributed by atoms with Gasteiger partial charge in [0.1, 0.15) is 0 Å². The van der Waals surface area contributed by atoms with Gasteiger partial charge in [-0.1, -0.05) is 0 Å². The third-order valence-electron chi connectivity index (χ3n) is 8.58. The molecule has 0 unspecified atom stereocenters. The minimum absolute atomic E-state index is 0.0536. The van der Waals surface area contributed by atoms with E-state index in [-0.39, 0.29) is 36.8 Å². The summed E-state index contributed by atoms with van der Waals surface area (Å²) in [4.78, 5) is 24.3. The van der Waals surface area contributed by atoms with Crippen molar-refractivity contribution in [3.63, 3.8) is 0 Å². The molecule has 0 fully saturated rings. The number of Topliss-reactive ketones (excluding diaryl/α,β-unsaturated/α-hetero) is 1. The first kappa shape index (κ1) is 24.6. The molecule has 0 saturated heterocycles. The zero-order valence-electron chi connectivity index (χ0n) is 22.5. The van der Waals surface area contributed by atoms with Crippen molar-refractivity contribution in [1.82, 2.24) is 4.98 Å². The van der Waals surface area contributed by atoms with Crippen molar-refractivity contribution in [3.05, 3.63) is 127 Å². The van der Waals surface area contributed by atoms with Gasteiger partial charge in [0.25, 0.3) is 0 Å². The summed E-state index contributed by atoms with van der Waals surface area (Å²) in [6, 6.07) is 22.3. The Balaban J connectivity index is 1.48. The molecule has 2 aromatic carbocycles. The van der Waals surface area contributed by atoms with Gasteiger partial charge in [0, 0.05) is 0 Å². The molecular weight excluding hydrogens is 559 g/mol. The van der Waals surface area contributed by atoms with Crippen LogP contribution in [0, 0.1) is 17.9 Å². The molecule has 0 bridgehead atoms. The molecular formula is C34H24N4OSe. The molecule has 4 aromatic rings. The van der Waals surface area contributed by atoms with Crippen LogP contribution in [-0.2, 0) is 10.8 Å². The van der Waals surface area contributed by atoms with Crippen LogP contribution in [0.2, 0.25) is 0 Å². The first-order valence-electron chi connectivity index (χ1n) is 13.1. The molecule has 4 heterocycles. The number of allylic oxidation sites excluding steroid dienone is 3. The Kier molecular flexibility index (Phi) is 5.07. The molecule has 0 radical (unpaired) electrons. The Morgan fingerprint density at radius 2 is 1.65 bits per heavy atom. The van der Waals surface area contributed by atoms with Crippen molar-refractivity contribution in [2.75, 3.05) is 4.90 Å². The molecule has 0 atom stereocenters. The average molecular weight is 584 g/mol. The summed E-state index contributed by atoms with van der Waals surface area (Å²) in [5.41, 5.74) is 7.74. The Bertz CT molecular complexity index is 1940. The SMILES string of the molecule is [C-]#[N+]/C(C#N)=C1\C(=C\c2cc3c([se]2)N2c4ncccc4C(C)(C)c4cccc(c42)C3(C)C)C(=O)c2ccccc21. The third kappa shape index (κ3) is 3.07. The fourth-order valence-electron chi connectivity index (χ4n) is 6.51. The van der Waals surface area contributed by atoms with Gasteiger partial charge in [-0.15, -0.1) is 0 Å². The molecule has 0 saturated carbocycles. The number of carbonyl (C=O) groups excluding carboxylic acids is 1. The van der Waals surface area contributed by atoms with Crippen molar-refractivity contribution in [2.24, 2.45) is 0 Å². The van der Waals surface area contributed by atoms with Gasteiger partial charge in [0.2, 0.25) is 0 Å². The second-order valence-electron chi connectivity index (χ2n) is 11.4. The number of hydrogen-bond donors (Lipinski definition) is 0. The fraction of sp³-hybridized carbons (Fsp3) is 0.176. The van der Waals surface area contributed by atoms with Crippen molar-refractivity contribution in [1.29, 1.82) is 5.26 Å². The van der Waals surface area contributed by atoms with Gasteiger partial charge in [-0.25, -0.2) is 0 Å². The third-order valence-corrected chi connectivity index (χ3v) is 10.8. The quantitative estimate of drug-likeness (QED) is 0.102. The van der Waals surface area contributed by atoms with Crippen LogP contribution in [0.1, 0.15) is 70.3 Å². The first-order valence-corrected chi connectivity index (χ1v) is 14.8. The Labute approximate surface area is 239 Å². The number of pyridine rings is 1. The first-order chi connectivity index (χ1) is 19.2. The molecule has 0 N–H and O–H groups in total. The molecule has 192 valence electrons. The summed E-state index contributed by atoms with van der Waals surface area (Å²) >= 11 is -0.133. The van der Waals surface area contributed by atoms with E-state index in [0.29, 0.717) is 22.3 Å². The van der Waals surface area contributed by atoms with Gasteiger partial charge in [-0.05, 0) is 0 Å². The summed E-state index contributed by atoms with van der Waals surface area (Å²) in [5.74, 6) is 0.824. The van der Waals surface area contributed by atoms with Crippen LogP contribution < -0.4 is 4.90 Å². The van der Waals surface area contributed by atoms with E-state index in [1.165, 1.54) is 32.5 Å². The molecule has 0 amide bonds. The van der Waals surface area contributed by atoms with Gasteiger partial charge in [0.05, 0.1) is 0 Å². The van der Waals surface area contributed by atoms with Crippen molar-refractivity contribution in [2.45, 2.75) is 38.5 Å². The molecule has 6 heteroatoms. The van der Waals surface area contributed by atoms with Gasteiger partial charge in [-0.2, -0.15) is 0 Å². The number of benzene rings is 2. The van der Waals surface area contributed by atoms with Crippen LogP contribution in [-0.4, -0.2) is 25.3 Å². The van der Waals surface area contributed by atoms with E-state index < -0.39 is 0 Å². The average Bonchev–Trinajstić information content (AvgIpc) is 3.50. The van der Waals surface area contributed by atoms with Crippen LogP contribution in [0.15, 0.2) is 78.1 Å². The standard InChI is InChI=1S/C34H24N4OSe/c1-33(2)23-12-8-13-24-29(23)38(31-25(33)14-9-15-37-31)32-26(34(24,3)4)17-19(40-32)16-22-28(27(18-35)36-5)20-10-6-7-11-21(20)30(22)39/h6-17H,1-4H3/b22-16-,28-27-. The fourth-order valence-corrected chi connectivity index (χ4v) is 9.17. The number of rotatable bonds is 1. The molecule has 7 rings (SSSR count). The molecule has 0 spiro atoms. The molecule has 1 aliphatic carbocycles. The van der Waals surface area contributed by atoms with Gasteiger partial charge < -0.3 is 0 Å². The van der Waals surface area contributed by atoms with E-state index in [1.807, 2.05) is 42.6 Å². The summed E-state index contributed by atoms with van der Waals surface area (Å²) in [5, 5.41) is 9.76. The second-order valence-corrected chi connectivity index (χ2v) is 13.6. The molecule has 2 aliphatic heterocycles. The van der Waals surface area contributed by atoms with Crippen LogP contribution in [0.25, 0.3) is 16.5 Å². The van der Waals surface area contributed by atoms with Crippen molar-refractivity contribution in [3.8, 4) is 6.07 Å².